The number of halogens is 3. The van der Waals surface area contributed by atoms with Crippen LogP contribution in [0.15, 0.2) is 18.2 Å². The number of aliphatic hydroxyl groups is 1. The third-order valence-corrected chi connectivity index (χ3v) is 4.43. The SMILES string of the molecule is C[C@]1(F)CCCC[C@@]1(O)c1ccc(Cl)c(Cl)c1. The number of alkyl halides is 1. The zero-order valence-corrected chi connectivity index (χ0v) is 11.2. The molecule has 1 saturated carbocycles. The Balaban J connectivity index is 2.45. The maximum atomic E-state index is 14.5. The highest BCUT2D eigenvalue weighted by molar-refractivity contribution is 6.42. The fourth-order valence-electron chi connectivity index (χ4n) is 2.50. The van der Waals surface area contributed by atoms with Crippen LogP contribution in [-0.4, -0.2) is 10.8 Å². The van der Waals surface area contributed by atoms with Gasteiger partial charge in [0.15, 0.2) is 0 Å². The quantitative estimate of drug-likeness (QED) is 0.802. The molecule has 2 rings (SSSR count). The van der Waals surface area contributed by atoms with E-state index in [0.717, 1.165) is 12.8 Å². The molecule has 0 spiro atoms. The summed E-state index contributed by atoms with van der Waals surface area (Å²) >= 11 is 11.8. The van der Waals surface area contributed by atoms with Gasteiger partial charge < -0.3 is 5.11 Å². The molecule has 0 unspecified atom stereocenters. The highest BCUT2D eigenvalue weighted by Crippen LogP contribution is 2.47. The largest absolute Gasteiger partial charge is 0.382 e. The molecule has 1 N–H and O–H groups in total. The number of benzene rings is 1. The summed E-state index contributed by atoms with van der Waals surface area (Å²) in [7, 11) is 0. The zero-order valence-electron chi connectivity index (χ0n) is 9.64. The van der Waals surface area contributed by atoms with E-state index in [4.69, 9.17) is 23.2 Å². The van der Waals surface area contributed by atoms with Gasteiger partial charge in [0.1, 0.15) is 11.3 Å². The Bertz CT molecular complexity index is 433. The van der Waals surface area contributed by atoms with Gasteiger partial charge in [0.25, 0.3) is 0 Å². The molecule has 1 aromatic rings. The van der Waals surface area contributed by atoms with E-state index in [1.54, 1.807) is 18.2 Å². The van der Waals surface area contributed by atoms with Crippen molar-refractivity contribution in [2.24, 2.45) is 0 Å². The van der Waals surface area contributed by atoms with Gasteiger partial charge in [0.2, 0.25) is 0 Å². The molecular weight excluding hydrogens is 262 g/mol. The Morgan fingerprint density at radius 3 is 2.41 bits per heavy atom. The van der Waals surface area contributed by atoms with Gasteiger partial charge in [-0.3, -0.25) is 0 Å². The second kappa shape index (κ2) is 4.42. The van der Waals surface area contributed by atoms with Crippen molar-refractivity contribution < 1.29 is 9.50 Å². The van der Waals surface area contributed by atoms with Crippen LogP contribution in [0.2, 0.25) is 10.0 Å². The molecule has 94 valence electrons. The van der Waals surface area contributed by atoms with Gasteiger partial charge in [-0.2, -0.15) is 0 Å². The monoisotopic (exact) mass is 276 g/mol. The fourth-order valence-corrected chi connectivity index (χ4v) is 2.80. The third-order valence-electron chi connectivity index (χ3n) is 3.69. The first-order chi connectivity index (χ1) is 7.87. The lowest BCUT2D eigenvalue weighted by molar-refractivity contribution is -0.128. The van der Waals surface area contributed by atoms with Gasteiger partial charge in [-0.05, 0) is 43.9 Å². The van der Waals surface area contributed by atoms with Gasteiger partial charge >= 0.3 is 0 Å². The lowest BCUT2D eigenvalue weighted by atomic mass is 9.70. The topological polar surface area (TPSA) is 20.2 Å². The minimum Gasteiger partial charge on any atom is -0.382 e. The molecule has 1 nitrogen and oxygen atoms in total. The highest BCUT2D eigenvalue weighted by Gasteiger charge is 2.50. The molecule has 0 aliphatic heterocycles. The van der Waals surface area contributed by atoms with Crippen molar-refractivity contribution in [3.63, 3.8) is 0 Å². The van der Waals surface area contributed by atoms with E-state index in [2.05, 4.69) is 0 Å². The lowest BCUT2D eigenvalue weighted by Crippen LogP contribution is -2.48. The summed E-state index contributed by atoms with van der Waals surface area (Å²) < 4.78 is 14.5. The number of hydrogen-bond donors (Lipinski definition) is 1. The first-order valence-corrected chi connectivity index (χ1v) is 6.49. The van der Waals surface area contributed by atoms with Crippen LogP contribution >= 0.6 is 23.2 Å². The maximum absolute atomic E-state index is 14.5. The van der Waals surface area contributed by atoms with E-state index >= 15 is 0 Å². The normalized spacial score (nSPS) is 33.7. The molecule has 0 aromatic heterocycles. The van der Waals surface area contributed by atoms with Crippen molar-refractivity contribution in [1.29, 1.82) is 0 Å². The predicted molar refractivity (Wildman–Crippen MR) is 68.3 cm³/mol. The van der Waals surface area contributed by atoms with Gasteiger partial charge in [-0.1, -0.05) is 35.7 Å². The van der Waals surface area contributed by atoms with Crippen LogP contribution in [0.3, 0.4) is 0 Å². The molecule has 0 amide bonds. The van der Waals surface area contributed by atoms with Gasteiger partial charge in [0, 0.05) is 0 Å². The van der Waals surface area contributed by atoms with Crippen LogP contribution in [0.1, 0.15) is 38.2 Å². The Morgan fingerprint density at radius 2 is 1.82 bits per heavy atom. The predicted octanol–water partition coefficient (Wildman–Crippen LogP) is 4.48. The van der Waals surface area contributed by atoms with E-state index in [1.165, 1.54) is 6.92 Å². The summed E-state index contributed by atoms with van der Waals surface area (Å²) in [4.78, 5) is 0. The molecule has 1 fully saturated rings. The molecule has 0 heterocycles. The Kier molecular flexibility index (Phi) is 3.41. The average Bonchev–Trinajstić information content (AvgIpc) is 2.26. The first-order valence-electron chi connectivity index (χ1n) is 5.74. The highest BCUT2D eigenvalue weighted by atomic mass is 35.5. The molecule has 2 atom stereocenters. The fraction of sp³-hybridized carbons (Fsp3) is 0.538. The third kappa shape index (κ3) is 2.18. The van der Waals surface area contributed by atoms with Crippen molar-refractivity contribution in [2.75, 3.05) is 0 Å². The molecule has 0 bridgehead atoms. The van der Waals surface area contributed by atoms with E-state index in [0.29, 0.717) is 28.5 Å². The second-order valence-corrected chi connectivity index (χ2v) is 5.71. The van der Waals surface area contributed by atoms with Gasteiger partial charge in [0.05, 0.1) is 10.0 Å². The summed E-state index contributed by atoms with van der Waals surface area (Å²) in [6, 6.07) is 4.81. The van der Waals surface area contributed by atoms with Crippen molar-refractivity contribution in [1.82, 2.24) is 0 Å². The van der Waals surface area contributed by atoms with Gasteiger partial charge in [-0.25, -0.2) is 4.39 Å². The minimum absolute atomic E-state index is 0.346. The minimum atomic E-state index is -1.62. The molecule has 1 aliphatic rings. The Labute approximate surface area is 111 Å². The van der Waals surface area contributed by atoms with Crippen molar-refractivity contribution in [2.45, 2.75) is 43.9 Å². The van der Waals surface area contributed by atoms with Crippen LogP contribution in [0.25, 0.3) is 0 Å². The number of rotatable bonds is 1. The van der Waals surface area contributed by atoms with E-state index < -0.39 is 11.3 Å². The standard InChI is InChI=1S/C13H15Cl2FO/c1-12(16)6-2-3-7-13(12,17)9-4-5-10(14)11(15)8-9/h4-5,8,17H,2-3,6-7H2,1H3/t12-,13+/m0/s1. The number of hydrogen-bond acceptors (Lipinski definition) is 1. The molecule has 1 aliphatic carbocycles. The summed E-state index contributed by atoms with van der Waals surface area (Å²) in [5.41, 5.74) is -2.57. The molecule has 17 heavy (non-hydrogen) atoms. The van der Waals surface area contributed by atoms with E-state index in [9.17, 15) is 9.50 Å². The van der Waals surface area contributed by atoms with E-state index in [-0.39, 0.29) is 0 Å². The Morgan fingerprint density at radius 1 is 1.18 bits per heavy atom. The van der Waals surface area contributed by atoms with Crippen LogP contribution < -0.4 is 0 Å². The van der Waals surface area contributed by atoms with Crippen molar-refractivity contribution in [3.05, 3.63) is 33.8 Å². The van der Waals surface area contributed by atoms with Crippen LogP contribution in [0, 0.1) is 0 Å². The second-order valence-electron chi connectivity index (χ2n) is 4.89. The van der Waals surface area contributed by atoms with Crippen LogP contribution in [0.5, 0.6) is 0 Å². The lowest BCUT2D eigenvalue weighted by Gasteiger charge is -2.43. The molecule has 0 radical (unpaired) electrons. The van der Waals surface area contributed by atoms with Crippen LogP contribution in [0.4, 0.5) is 4.39 Å². The van der Waals surface area contributed by atoms with Gasteiger partial charge in [-0.15, -0.1) is 0 Å². The van der Waals surface area contributed by atoms with Crippen molar-refractivity contribution in [3.8, 4) is 0 Å². The molecule has 1 aromatic carbocycles. The molecular formula is C13H15Cl2FO. The Hall–Kier alpha value is -0.310. The summed E-state index contributed by atoms with van der Waals surface area (Å²) in [5.74, 6) is 0. The van der Waals surface area contributed by atoms with Crippen molar-refractivity contribution >= 4 is 23.2 Å². The zero-order chi connectivity index (χ0) is 12.7. The maximum Gasteiger partial charge on any atom is 0.140 e. The first kappa shape index (κ1) is 13.1. The smallest absolute Gasteiger partial charge is 0.140 e. The van der Waals surface area contributed by atoms with E-state index in [1.807, 2.05) is 0 Å². The molecule has 0 saturated heterocycles. The van der Waals surface area contributed by atoms with Crippen LogP contribution in [-0.2, 0) is 5.60 Å². The average molecular weight is 277 g/mol. The molecule has 4 heteroatoms. The summed E-state index contributed by atoms with van der Waals surface area (Å²) in [6.45, 7) is 1.45. The summed E-state index contributed by atoms with van der Waals surface area (Å²) in [5, 5.41) is 11.4. The summed E-state index contributed by atoms with van der Waals surface area (Å²) in [6.07, 6.45) is 2.40.